The van der Waals surface area contributed by atoms with Gasteiger partial charge in [-0.2, -0.15) is 0 Å². The standard InChI is InChI=1S/C24H42N8O6/c1-2-3-4-5-6-10-32-14-15-11-18(32)22(36)31-24(26)27-9-7-8-17(23(37)38)30-20(34)13-28-21(35)16(25)12-19(33)29-15/h15-18H,2-14,25H2,1H3,(H,28,35)(H,29,33)(H,30,34)(H,37,38)(H3,26,27,31,36)/t15-,16-,17-,18-/m0/s1. The van der Waals surface area contributed by atoms with Gasteiger partial charge in [0.15, 0.2) is 5.96 Å². The highest BCUT2D eigenvalue weighted by Gasteiger charge is 2.37. The normalized spacial score (nSPS) is 26.9. The minimum Gasteiger partial charge on any atom is -0.480 e. The summed E-state index contributed by atoms with van der Waals surface area (Å²) >= 11 is 0. The molecule has 2 rings (SSSR count). The fourth-order valence-electron chi connectivity index (χ4n) is 4.57. The molecule has 0 aromatic carbocycles. The molecule has 4 atom stereocenters. The molecule has 4 amide bonds. The van der Waals surface area contributed by atoms with E-state index in [4.69, 9.17) is 11.5 Å². The van der Waals surface area contributed by atoms with Crippen LogP contribution in [-0.4, -0.2) is 95.9 Å². The van der Waals surface area contributed by atoms with Crippen LogP contribution in [0.15, 0.2) is 4.99 Å². The second-order valence-electron chi connectivity index (χ2n) is 9.81. The minimum absolute atomic E-state index is 0.0650. The van der Waals surface area contributed by atoms with E-state index in [2.05, 4.69) is 33.2 Å². The number of rotatable bonds is 7. The van der Waals surface area contributed by atoms with Crippen molar-refractivity contribution in [3.05, 3.63) is 0 Å². The second kappa shape index (κ2) is 15.9. The quantitative estimate of drug-likeness (QED) is 0.180. The van der Waals surface area contributed by atoms with Crippen molar-refractivity contribution in [3.8, 4) is 0 Å². The summed E-state index contributed by atoms with van der Waals surface area (Å²) < 4.78 is 0. The van der Waals surface area contributed by atoms with E-state index in [-0.39, 0.29) is 43.7 Å². The number of amides is 4. The number of hydrogen-bond acceptors (Lipinski definition) is 9. The van der Waals surface area contributed by atoms with Gasteiger partial charge in [0, 0.05) is 19.1 Å². The van der Waals surface area contributed by atoms with E-state index >= 15 is 0 Å². The van der Waals surface area contributed by atoms with Crippen LogP contribution in [0.1, 0.15) is 64.7 Å². The Morgan fingerprint density at radius 2 is 1.82 bits per heavy atom. The smallest absolute Gasteiger partial charge is 0.326 e. The van der Waals surface area contributed by atoms with E-state index in [0.717, 1.165) is 32.1 Å². The number of aliphatic carboxylic acids is 1. The molecule has 38 heavy (non-hydrogen) atoms. The number of carbonyl (C=O) groups excluding carboxylic acids is 4. The fraction of sp³-hybridized carbons (Fsp3) is 0.750. The Morgan fingerprint density at radius 3 is 2.53 bits per heavy atom. The van der Waals surface area contributed by atoms with Crippen LogP contribution in [0.5, 0.6) is 0 Å². The SMILES string of the molecule is CCCCCCCN1C[C@@H]2C[C@H]1C(=O)NC(N)=NCCC[C@@H](C(=O)O)NC(=O)CNC(=O)[C@@H](N)CC(=O)N2. The summed E-state index contributed by atoms with van der Waals surface area (Å²) in [6.07, 6.45) is 5.75. The van der Waals surface area contributed by atoms with Gasteiger partial charge in [0.25, 0.3) is 0 Å². The van der Waals surface area contributed by atoms with Crippen LogP contribution in [0.2, 0.25) is 0 Å². The lowest BCUT2D eigenvalue weighted by Gasteiger charge is -2.23. The van der Waals surface area contributed by atoms with Crippen LogP contribution in [0, 0.1) is 0 Å². The number of unbranched alkanes of at least 4 members (excludes halogenated alkanes) is 4. The van der Waals surface area contributed by atoms with Gasteiger partial charge in [-0.15, -0.1) is 0 Å². The number of fused-ring (bicyclic) bond motifs is 2. The molecule has 0 spiro atoms. The number of carboxylic acid groups (broad SMARTS) is 1. The number of guanidine groups is 1. The first-order valence-electron chi connectivity index (χ1n) is 13.3. The average Bonchev–Trinajstić information content (AvgIpc) is 3.25. The summed E-state index contributed by atoms with van der Waals surface area (Å²) in [5.74, 6) is -3.52. The predicted molar refractivity (Wildman–Crippen MR) is 140 cm³/mol. The van der Waals surface area contributed by atoms with Crippen LogP contribution in [0.25, 0.3) is 0 Å². The van der Waals surface area contributed by atoms with E-state index in [1.54, 1.807) is 0 Å². The third-order valence-corrected chi connectivity index (χ3v) is 6.60. The Bertz CT molecular complexity index is 882. The number of carboxylic acids is 1. The first kappa shape index (κ1) is 31.0. The van der Waals surface area contributed by atoms with E-state index in [0.29, 0.717) is 19.5 Å². The van der Waals surface area contributed by atoms with E-state index < -0.39 is 48.4 Å². The Hall–Kier alpha value is -3.26. The number of aliphatic imine (C=N–C) groups is 1. The van der Waals surface area contributed by atoms with Crippen LogP contribution < -0.4 is 32.7 Å². The Labute approximate surface area is 222 Å². The van der Waals surface area contributed by atoms with Crippen molar-refractivity contribution in [1.29, 1.82) is 0 Å². The number of likely N-dealkylation sites (tertiary alicyclic amines) is 1. The van der Waals surface area contributed by atoms with Gasteiger partial charge in [0.05, 0.1) is 25.0 Å². The summed E-state index contributed by atoms with van der Waals surface area (Å²) in [5.41, 5.74) is 11.7. The van der Waals surface area contributed by atoms with Crippen molar-refractivity contribution in [2.75, 3.05) is 26.2 Å². The molecule has 0 aromatic rings. The van der Waals surface area contributed by atoms with Crippen LogP contribution in [-0.2, 0) is 24.0 Å². The Morgan fingerprint density at radius 1 is 1.08 bits per heavy atom. The molecule has 2 aliphatic heterocycles. The molecule has 0 aromatic heterocycles. The maximum absolute atomic E-state index is 13.0. The second-order valence-corrected chi connectivity index (χ2v) is 9.81. The highest BCUT2D eigenvalue weighted by atomic mass is 16.4. The average molecular weight is 539 g/mol. The van der Waals surface area contributed by atoms with E-state index in [1.807, 2.05) is 4.90 Å². The molecule has 14 heteroatoms. The van der Waals surface area contributed by atoms with Crippen LogP contribution >= 0.6 is 0 Å². The van der Waals surface area contributed by atoms with Gasteiger partial charge in [-0.25, -0.2) is 4.79 Å². The van der Waals surface area contributed by atoms with Crippen LogP contribution in [0.4, 0.5) is 0 Å². The lowest BCUT2D eigenvalue weighted by molar-refractivity contribution is -0.142. The van der Waals surface area contributed by atoms with Gasteiger partial charge in [0.2, 0.25) is 23.6 Å². The zero-order valence-corrected chi connectivity index (χ0v) is 22.0. The molecule has 1 saturated heterocycles. The highest BCUT2D eigenvalue weighted by molar-refractivity contribution is 5.99. The van der Waals surface area contributed by atoms with Crippen LogP contribution in [0.3, 0.4) is 0 Å². The van der Waals surface area contributed by atoms with E-state index in [1.165, 1.54) is 0 Å². The molecule has 1 fully saturated rings. The number of nitrogens with one attached hydrogen (secondary N) is 4. The summed E-state index contributed by atoms with van der Waals surface area (Å²) in [6, 6.07) is -3.23. The molecular weight excluding hydrogens is 496 g/mol. The Kier molecular flexibility index (Phi) is 12.9. The van der Waals surface area contributed by atoms with Crippen molar-refractivity contribution < 1.29 is 29.1 Å². The van der Waals surface area contributed by atoms with Crippen molar-refractivity contribution >= 4 is 35.6 Å². The molecule has 2 aliphatic rings. The summed E-state index contributed by atoms with van der Waals surface area (Å²) in [4.78, 5) is 67.6. The summed E-state index contributed by atoms with van der Waals surface area (Å²) in [7, 11) is 0. The molecule has 0 unspecified atom stereocenters. The zero-order valence-electron chi connectivity index (χ0n) is 22.0. The van der Waals surface area contributed by atoms with E-state index in [9.17, 15) is 29.1 Å². The third kappa shape index (κ3) is 10.6. The monoisotopic (exact) mass is 538 g/mol. The van der Waals surface area contributed by atoms with Crippen molar-refractivity contribution in [3.63, 3.8) is 0 Å². The van der Waals surface area contributed by atoms with Gasteiger partial charge >= 0.3 is 5.97 Å². The van der Waals surface area contributed by atoms with Gasteiger partial charge in [-0.3, -0.25) is 34.4 Å². The first-order valence-corrected chi connectivity index (χ1v) is 13.3. The molecule has 0 saturated carbocycles. The molecule has 9 N–H and O–H groups in total. The van der Waals surface area contributed by atoms with Crippen molar-refractivity contribution in [2.45, 2.75) is 88.9 Å². The Balaban J connectivity index is 2.13. The van der Waals surface area contributed by atoms with Gasteiger partial charge in [0.1, 0.15) is 6.04 Å². The molecule has 0 aliphatic carbocycles. The lowest BCUT2D eigenvalue weighted by atomic mass is 10.1. The maximum atomic E-state index is 13.0. The third-order valence-electron chi connectivity index (χ3n) is 6.60. The van der Waals surface area contributed by atoms with Crippen molar-refractivity contribution in [1.82, 2.24) is 26.2 Å². The van der Waals surface area contributed by atoms with Gasteiger partial charge in [-0.1, -0.05) is 32.6 Å². The maximum Gasteiger partial charge on any atom is 0.326 e. The largest absolute Gasteiger partial charge is 0.480 e. The predicted octanol–water partition coefficient (Wildman–Crippen LogP) is -1.86. The molecule has 214 valence electrons. The molecule has 2 heterocycles. The molecule has 2 bridgehead atoms. The lowest BCUT2D eigenvalue weighted by Crippen LogP contribution is -2.50. The number of nitrogens with two attached hydrogens (primary N) is 2. The number of hydrogen-bond donors (Lipinski definition) is 7. The van der Waals surface area contributed by atoms with Gasteiger partial charge in [-0.05, 0) is 32.2 Å². The highest BCUT2D eigenvalue weighted by Crippen LogP contribution is 2.20. The summed E-state index contributed by atoms with van der Waals surface area (Å²) in [5, 5.41) is 19.5. The molecular formula is C24H42N8O6. The topological polar surface area (TPSA) is 221 Å². The number of nitrogens with zero attached hydrogens (tertiary/aromatic N) is 2. The van der Waals surface area contributed by atoms with Crippen molar-refractivity contribution in [2.24, 2.45) is 16.5 Å². The molecule has 0 radical (unpaired) electrons. The number of carbonyl (C=O) groups is 5. The first-order chi connectivity index (χ1) is 18.1. The summed E-state index contributed by atoms with van der Waals surface area (Å²) in [6.45, 7) is 2.95. The molecule has 14 nitrogen and oxygen atoms in total. The van der Waals surface area contributed by atoms with Gasteiger partial charge < -0.3 is 32.5 Å². The fourth-order valence-corrected chi connectivity index (χ4v) is 4.57. The zero-order chi connectivity index (χ0) is 28.1. The minimum atomic E-state index is -1.24.